The number of hydrogen-bond donors (Lipinski definition) is 2. The van der Waals surface area contributed by atoms with Gasteiger partial charge in [0.05, 0.1) is 28.9 Å². The number of sulfone groups is 1. The van der Waals surface area contributed by atoms with Crippen molar-refractivity contribution in [3.63, 3.8) is 0 Å². The zero-order valence-electron chi connectivity index (χ0n) is 17.7. The summed E-state index contributed by atoms with van der Waals surface area (Å²) in [6.45, 7) is 7.94. The minimum Gasteiger partial charge on any atom is -0.478 e. The van der Waals surface area contributed by atoms with E-state index < -0.39 is 39.7 Å². The number of carboxylic acids is 1. The van der Waals surface area contributed by atoms with E-state index in [2.05, 4.69) is 6.58 Å². The zero-order valence-corrected chi connectivity index (χ0v) is 18.5. The molecule has 0 aliphatic heterocycles. The number of rotatable bonds is 11. The van der Waals surface area contributed by atoms with Crippen LogP contribution in [0.2, 0.25) is 0 Å². The van der Waals surface area contributed by atoms with Crippen LogP contribution in [0.4, 0.5) is 4.79 Å². The van der Waals surface area contributed by atoms with Crippen molar-refractivity contribution in [1.82, 2.24) is 4.90 Å². The van der Waals surface area contributed by atoms with Crippen molar-refractivity contribution in [3.8, 4) is 0 Å². The van der Waals surface area contributed by atoms with Gasteiger partial charge < -0.3 is 14.9 Å². The summed E-state index contributed by atoms with van der Waals surface area (Å²) in [7, 11) is -3.92. The molecule has 1 unspecified atom stereocenters. The summed E-state index contributed by atoms with van der Waals surface area (Å²) in [5, 5.41) is 18.9. The topological polar surface area (TPSA) is 138 Å². The van der Waals surface area contributed by atoms with Crippen molar-refractivity contribution in [2.75, 3.05) is 12.4 Å². The second-order valence-corrected chi connectivity index (χ2v) is 8.99. The van der Waals surface area contributed by atoms with Crippen molar-refractivity contribution in [2.24, 2.45) is 0 Å². The Bertz CT molecular complexity index is 964. The first-order valence-corrected chi connectivity index (χ1v) is 11.1. The average molecular weight is 454 g/mol. The predicted octanol–water partition coefficient (Wildman–Crippen LogP) is 3.01. The Hall–Kier alpha value is -3.14. The number of nitrogens with zero attached hydrogens (tertiary/aromatic N) is 1. The normalized spacial score (nSPS) is 12.7. The van der Waals surface area contributed by atoms with Crippen LogP contribution < -0.4 is 0 Å². The van der Waals surface area contributed by atoms with Crippen molar-refractivity contribution in [2.45, 2.75) is 44.6 Å². The van der Waals surface area contributed by atoms with Crippen molar-refractivity contribution in [1.29, 1.82) is 0 Å². The molecule has 0 heterocycles. The fourth-order valence-corrected chi connectivity index (χ4v) is 4.17. The molecule has 9 nitrogen and oxygen atoms in total. The molecule has 1 amide bonds. The number of ether oxygens (including phenoxy) is 1. The smallest absolute Gasteiger partial charge is 0.411 e. The third-order valence-electron chi connectivity index (χ3n) is 4.39. The van der Waals surface area contributed by atoms with E-state index in [0.717, 1.165) is 11.8 Å². The van der Waals surface area contributed by atoms with Gasteiger partial charge in [-0.1, -0.05) is 31.2 Å². The lowest BCUT2D eigenvalue weighted by molar-refractivity contribution is -0.139. The molecule has 1 rings (SSSR count). The average Bonchev–Trinajstić information content (AvgIpc) is 2.67. The number of carbonyl (C=O) groups is 3. The van der Waals surface area contributed by atoms with Gasteiger partial charge in [-0.2, -0.15) is 0 Å². The van der Waals surface area contributed by atoms with Crippen LogP contribution >= 0.6 is 0 Å². The number of benzene rings is 1. The molecular weight excluding hydrogens is 426 g/mol. The van der Waals surface area contributed by atoms with E-state index in [1.807, 2.05) is 0 Å². The first kappa shape index (κ1) is 25.9. The van der Waals surface area contributed by atoms with E-state index in [4.69, 9.17) is 4.74 Å². The quantitative estimate of drug-likeness (QED) is 0.385. The van der Waals surface area contributed by atoms with Gasteiger partial charge in [0.15, 0.2) is 9.84 Å². The third kappa shape index (κ3) is 7.89. The highest BCUT2D eigenvalue weighted by Crippen LogP contribution is 2.19. The molecule has 0 fully saturated rings. The lowest BCUT2D eigenvalue weighted by atomic mass is 10.2. The Balaban J connectivity index is 3.28. The first-order valence-electron chi connectivity index (χ1n) is 9.46. The van der Waals surface area contributed by atoms with Gasteiger partial charge in [0.1, 0.15) is 0 Å². The molecule has 10 heteroatoms. The standard InChI is InChI=1S/C21H27NO8S/c1-5-16(19(23)24)12-22(21(26)27)17(10-11-30-20(25)14(2)3)13-31(28,29)18-8-6-15(4)7-9-18/h6-9,12,17H,2,5,10-11,13H2,1,3-4H3,(H,23,24)(H,26,27). The van der Waals surface area contributed by atoms with Gasteiger partial charge in [-0.15, -0.1) is 0 Å². The number of carbonyl (C=O) groups excluding carboxylic acids is 1. The summed E-state index contributed by atoms with van der Waals surface area (Å²) in [6, 6.07) is 4.87. The number of carboxylic acid groups (broad SMARTS) is 2. The highest BCUT2D eigenvalue weighted by Gasteiger charge is 2.29. The minimum atomic E-state index is -3.92. The number of hydrogen-bond acceptors (Lipinski definition) is 6. The van der Waals surface area contributed by atoms with E-state index >= 15 is 0 Å². The molecule has 0 saturated heterocycles. The van der Waals surface area contributed by atoms with Gasteiger partial charge in [0.25, 0.3) is 0 Å². The van der Waals surface area contributed by atoms with Crippen LogP contribution in [-0.2, 0) is 24.2 Å². The SMILES string of the molecule is C=C(C)C(=O)OCCC(CS(=O)(=O)c1ccc(C)cc1)N(C=C(CC)C(=O)O)C(=O)O. The van der Waals surface area contributed by atoms with Crippen LogP contribution in [0.25, 0.3) is 0 Å². The maximum Gasteiger partial charge on any atom is 0.411 e. The van der Waals surface area contributed by atoms with Gasteiger partial charge >= 0.3 is 18.0 Å². The largest absolute Gasteiger partial charge is 0.478 e. The molecule has 0 bridgehead atoms. The molecule has 0 spiro atoms. The lowest BCUT2D eigenvalue weighted by Crippen LogP contribution is -2.41. The zero-order chi connectivity index (χ0) is 23.8. The molecule has 0 aromatic heterocycles. The highest BCUT2D eigenvalue weighted by molar-refractivity contribution is 7.91. The van der Waals surface area contributed by atoms with Gasteiger partial charge in [0, 0.05) is 18.2 Å². The van der Waals surface area contributed by atoms with Crippen LogP contribution in [0.5, 0.6) is 0 Å². The fraction of sp³-hybridized carbons (Fsp3) is 0.381. The number of aryl methyl sites for hydroxylation is 1. The maximum absolute atomic E-state index is 12.9. The van der Waals surface area contributed by atoms with Crippen molar-refractivity contribution in [3.05, 3.63) is 53.8 Å². The number of aliphatic carboxylic acids is 1. The van der Waals surface area contributed by atoms with Gasteiger partial charge in [-0.05, 0) is 32.4 Å². The Labute approximate surface area is 181 Å². The first-order chi connectivity index (χ1) is 14.4. The van der Waals surface area contributed by atoms with E-state index in [1.165, 1.54) is 26.0 Å². The molecule has 0 aliphatic rings. The Kier molecular flexibility index (Phi) is 9.44. The summed E-state index contributed by atoms with van der Waals surface area (Å²) < 4.78 is 30.8. The molecule has 0 radical (unpaired) electrons. The van der Waals surface area contributed by atoms with Gasteiger partial charge in [0.2, 0.25) is 0 Å². The molecular formula is C21H27NO8S. The molecule has 0 aliphatic carbocycles. The Morgan fingerprint density at radius 3 is 2.23 bits per heavy atom. The van der Waals surface area contributed by atoms with Crippen LogP contribution in [-0.4, -0.2) is 60.0 Å². The second kappa shape index (κ2) is 11.3. The number of esters is 1. The third-order valence-corrected chi connectivity index (χ3v) is 6.20. The highest BCUT2D eigenvalue weighted by atomic mass is 32.2. The summed E-state index contributed by atoms with van der Waals surface area (Å²) in [4.78, 5) is 35.5. The fourth-order valence-electron chi connectivity index (χ4n) is 2.59. The van der Waals surface area contributed by atoms with E-state index in [9.17, 15) is 33.0 Å². The molecule has 0 saturated carbocycles. The number of amides is 1. The van der Waals surface area contributed by atoms with Crippen LogP contribution in [0.3, 0.4) is 0 Å². The van der Waals surface area contributed by atoms with Gasteiger partial charge in [-0.3, -0.25) is 4.90 Å². The summed E-state index contributed by atoms with van der Waals surface area (Å²) in [5.74, 6) is -2.64. The lowest BCUT2D eigenvalue weighted by Gasteiger charge is -2.27. The van der Waals surface area contributed by atoms with Gasteiger partial charge in [-0.25, -0.2) is 22.8 Å². The summed E-state index contributed by atoms with van der Waals surface area (Å²) in [5.41, 5.74) is 0.781. The molecule has 2 N–H and O–H groups in total. The van der Waals surface area contributed by atoms with E-state index in [1.54, 1.807) is 19.1 Å². The Morgan fingerprint density at radius 1 is 1.19 bits per heavy atom. The molecule has 1 aromatic carbocycles. The van der Waals surface area contributed by atoms with E-state index in [-0.39, 0.29) is 35.5 Å². The Morgan fingerprint density at radius 2 is 1.77 bits per heavy atom. The van der Waals surface area contributed by atoms with E-state index in [0.29, 0.717) is 4.90 Å². The van der Waals surface area contributed by atoms with Crippen molar-refractivity contribution < 1.29 is 37.8 Å². The monoisotopic (exact) mass is 453 g/mol. The second-order valence-electron chi connectivity index (χ2n) is 6.96. The van der Waals surface area contributed by atoms with Crippen LogP contribution in [0.15, 0.2) is 53.1 Å². The predicted molar refractivity (Wildman–Crippen MR) is 113 cm³/mol. The maximum atomic E-state index is 12.9. The van der Waals surface area contributed by atoms with Crippen LogP contribution in [0.1, 0.15) is 32.3 Å². The molecule has 1 atom stereocenters. The van der Waals surface area contributed by atoms with Crippen molar-refractivity contribution >= 4 is 27.9 Å². The molecule has 1 aromatic rings. The molecule has 170 valence electrons. The van der Waals surface area contributed by atoms with Crippen LogP contribution in [0, 0.1) is 6.92 Å². The minimum absolute atomic E-state index is 0.00491. The summed E-state index contributed by atoms with van der Waals surface area (Å²) >= 11 is 0. The molecule has 31 heavy (non-hydrogen) atoms. The summed E-state index contributed by atoms with van der Waals surface area (Å²) in [6.07, 6.45) is -0.756.